The number of nitrogens with zero attached hydrogens (tertiary/aromatic N) is 3. The molecule has 1 N–H and O–H groups in total. The van der Waals surface area contributed by atoms with Crippen LogP contribution in [0.1, 0.15) is 36.5 Å². The molecule has 0 bridgehead atoms. The number of benzene rings is 1. The molecule has 1 aromatic heterocycles. The maximum absolute atomic E-state index is 12.6. The third-order valence-electron chi connectivity index (χ3n) is 4.45. The molecule has 3 rings (SSSR count). The van der Waals surface area contributed by atoms with Crippen LogP contribution in [0.25, 0.3) is 10.9 Å². The first-order chi connectivity index (χ1) is 11.7. The smallest absolute Gasteiger partial charge is 0.252 e. The van der Waals surface area contributed by atoms with Crippen molar-refractivity contribution in [2.24, 2.45) is 5.92 Å². The highest BCUT2D eigenvalue weighted by molar-refractivity contribution is 6.07. The number of aromatic nitrogens is 1. The van der Waals surface area contributed by atoms with Crippen LogP contribution in [0.3, 0.4) is 0 Å². The Bertz CT molecular complexity index is 781. The molecule has 2 heterocycles. The zero-order chi connectivity index (χ0) is 16.9. The minimum Gasteiger partial charge on any atom is -0.356 e. The van der Waals surface area contributed by atoms with Crippen molar-refractivity contribution < 1.29 is 4.79 Å². The highest BCUT2D eigenvalue weighted by Gasteiger charge is 2.20. The second-order valence-electron chi connectivity index (χ2n) is 6.40. The number of amides is 1. The molecule has 2 aromatic rings. The fraction of sp³-hybridized carbons (Fsp3) is 0.421. The van der Waals surface area contributed by atoms with Gasteiger partial charge in [-0.05, 0) is 30.9 Å². The number of hydrogen-bond donors (Lipinski definition) is 1. The monoisotopic (exact) mass is 322 g/mol. The van der Waals surface area contributed by atoms with Crippen LogP contribution in [0.2, 0.25) is 0 Å². The molecule has 1 aliphatic rings. The van der Waals surface area contributed by atoms with E-state index in [1.165, 1.54) is 6.42 Å². The van der Waals surface area contributed by atoms with Gasteiger partial charge >= 0.3 is 0 Å². The largest absolute Gasteiger partial charge is 0.356 e. The third-order valence-corrected chi connectivity index (χ3v) is 4.45. The summed E-state index contributed by atoms with van der Waals surface area (Å²) in [6, 6.07) is 11.7. The Hall–Kier alpha value is -2.61. The number of hydrogen-bond acceptors (Lipinski definition) is 4. The van der Waals surface area contributed by atoms with Gasteiger partial charge in [-0.15, -0.1) is 0 Å². The minimum absolute atomic E-state index is 0.143. The zero-order valence-corrected chi connectivity index (χ0v) is 14.0. The van der Waals surface area contributed by atoms with Crippen molar-refractivity contribution in [3.63, 3.8) is 0 Å². The van der Waals surface area contributed by atoms with E-state index in [2.05, 4.69) is 17.1 Å². The molecule has 1 unspecified atom stereocenters. The van der Waals surface area contributed by atoms with Gasteiger partial charge in [-0.2, -0.15) is 5.26 Å². The topological polar surface area (TPSA) is 69.0 Å². The van der Waals surface area contributed by atoms with Gasteiger partial charge < -0.3 is 10.2 Å². The summed E-state index contributed by atoms with van der Waals surface area (Å²) >= 11 is 0. The number of para-hydroxylation sites is 1. The Morgan fingerprint density at radius 1 is 1.46 bits per heavy atom. The normalized spacial score (nSPS) is 17.5. The fourth-order valence-corrected chi connectivity index (χ4v) is 3.24. The van der Waals surface area contributed by atoms with Crippen LogP contribution >= 0.6 is 0 Å². The van der Waals surface area contributed by atoms with E-state index in [0.29, 0.717) is 24.4 Å². The van der Waals surface area contributed by atoms with Crippen LogP contribution in [0, 0.1) is 17.2 Å². The van der Waals surface area contributed by atoms with Gasteiger partial charge in [0.05, 0.1) is 23.6 Å². The molecule has 5 nitrogen and oxygen atoms in total. The lowest BCUT2D eigenvalue weighted by molar-refractivity contribution is 0.0956. The predicted octanol–water partition coefficient (Wildman–Crippen LogP) is 3.11. The molecule has 1 aromatic carbocycles. The molecular formula is C19H22N4O. The Kier molecular flexibility index (Phi) is 4.95. The average molecular weight is 322 g/mol. The van der Waals surface area contributed by atoms with Crippen molar-refractivity contribution >= 4 is 22.6 Å². The molecule has 0 spiro atoms. The van der Waals surface area contributed by atoms with Crippen LogP contribution < -0.4 is 10.2 Å². The summed E-state index contributed by atoms with van der Waals surface area (Å²) in [7, 11) is 0. The van der Waals surface area contributed by atoms with Crippen LogP contribution in [0.4, 0.5) is 5.82 Å². The van der Waals surface area contributed by atoms with E-state index in [1.807, 2.05) is 36.4 Å². The van der Waals surface area contributed by atoms with E-state index in [9.17, 15) is 4.79 Å². The van der Waals surface area contributed by atoms with Crippen molar-refractivity contribution in [1.29, 1.82) is 5.26 Å². The highest BCUT2D eigenvalue weighted by Crippen LogP contribution is 2.26. The molecular weight excluding hydrogens is 300 g/mol. The molecule has 5 heteroatoms. The summed E-state index contributed by atoms with van der Waals surface area (Å²) in [4.78, 5) is 19.6. The molecule has 124 valence electrons. The van der Waals surface area contributed by atoms with Crippen LogP contribution in [0.5, 0.6) is 0 Å². The number of carbonyl (C=O) groups is 1. The maximum atomic E-state index is 12.6. The van der Waals surface area contributed by atoms with Gasteiger partial charge in [0.25, 0.3) is 5.91 Å². The first kappa shape index (κ1) is 16.3. The zero-order valence-electron chi connectivity index (χ0n) is 14.0. The van der Waals surface area contributed by atoms with E-state index in [-0.39, 0.29) is 5.91 Å². The van der Waals surface area contributed by atoms with Crippen molar-refractivity contribution in [3.8, 4) is 6.07 Å². The molecule has 0 aliphatic carbocycles. The minimum atomic E-state index is -0.143. The molecule has 0 radical (unpaired) electrons. The number of nitrogens with one attached hydrogen (secondary N) is 1. The number of piperidine rings is 1. The van der Waals surface area contributed by atoms with Gasteiger partial charge in [-0.25, -0.2) is 4.98 Å². The number of carbonyl (C=O) groups excluding carboxylic acids is 1. The van der Waals surface area contributed by atoms with E-state index in [0.717, 1.165) is 36.2 Å². The SMILES string of the molecule is CC1CCCN(c2cc(C(=O)NCCC#N)c3ccccc3n2)C1. The van der Waals surface area contributed by atoms with E-state index in [4.69, 9.17) is 10.2 Å². The van der Waals surface area contributed by atoms with Crippen LogP contribution in [0.15, 0.2) is 30.3 Å². The summed E-state index contributed by atoms with van der Waals surface area (Å²) in [5.41, 5.74) is 1.46. The maximum Gasteiger partial charge on any atom is 0.252 e. The van der Waals surface area contributed by atoms with Gasteiger partial charge in [0.2, 0.25) is 0 Å². The first-order valence-electron chi connectivity index (χ1n) is 8.49. The first-order valence-corrected chi connectivity index (χ1v) is 8.49. The van der Waals surface area contributed by atoms with E-state index in [1.54, 1.807) is 0 Å². The summed E-state index contributed by atoms with van der Waals surface area (Å²) in [5, 5.41) is 12.3. The van der Waals surface area contributed by atoms with Crippen molar-refractivity contribution in [1.82, 2.24) is 10.3 Å². The second kappa shape index (κ2) is 7.31. The molecule has 24 heavy (non-hydrogen) atoms. The Labute approximate surface area is 142 Å². The standard InChI is InChI=1S/C19H22N4O/c1-14-6-4-11-23(13-14)18-12-16(19(24)21-10-5-9-20)15-7-2-3-8-17(15)22-18/h2-3,7-8,12,14H,4-6,10-11,13H2,1H3,(H,21,24). The lowest BCUT2D eigenvalue weighted by Crippen LogP contribution is -2.35. The Balaban J connectivity index is 1.96. The van der Waals surface area contributed by atoms with Crippen molar-refractivity contribution in [2.45, 2.75) is 26.2 Å². The molecule has 0 saturated carbocycles. The van der Waals surface area contributed by atoms with Gasteiger partial charge in [0, 0.05) is 25.0 Å². The number of rotatable bonds is 4. The molecule has 1 amide bonds. The van der Waals surface area contributed by atoms with Crippen molar-refractivity contribution in [3.05, 3.63) is 35.9 Å². The molecule has 1 atom stereocenters. The number of anilines is 1. The van der Waals surface area contributed by atoms with Gasteiger partial charge in [-0.3, -0.25) is 4.79 Å². The van der Waals surface area contributed by atoms with E-state index >= 15 is 0 Å². The summed E-state index contributed by atoms with van der Waals surface area (Å²) in [5.74, 6) is 1.36. The fourth-order valence-electron chi connectivity index (χ4n) is 3.24. The lowest BCUT2D eigenvalue weighted by Gasteiger charge is -2.32. The van der Waals surface area contributed by atoms with E-state index < -0.39 is 0 Å². The number of nitriles is 1. The summed E-state index contributed by atoms with van der Waals surface area (Å²) < 4.78 is 0. The Morgan fingerprint density at radius 2 is 2.29 bits per heavy atom. The second-order valence-corrected chi connectivity index (χ2v) is 6.40. The lowest BCUT2D eigenvalue weighted by atomic mass is 10.00. The predicted molar refractivity (Wildman–Crippen MR) is 94.9 cm³/mol. The average Bonchev–Trinajstić information content (AvgIpc) is 2.61. The Morgan fingerprint density at radius 3 is 3.08 bits per heavy atom. The molecule has 1 aliphatic heterocycles. The highest BCUT2D eigenvalue weighted by atomic mass is 16.1. The number of fused-ring (bicyclic) bond motifs is 1. The molecule has 1 fully saturated rings. The van der Waals surface area contributed by atoms with Gasteiger partial charge in [0.15, 0.2) is 0 Å². The van der Waals surface area contributed by atoms with Crippen molar-refractivity contribution in [2.75, 3.05) is 24.5 Å². The van der Waals surface area contributed by atoms with Crippen LogP contribution in [-0.4, -0.2) is 30.5 Å². The summed E-state index contributed by atoms with van der Waals surface area (Å²) in [6.45, 7) is 4.57. The molecule has 1 saturated heterocycles. The van der Waals surface area contributed by atoms with Crippen LogP contribution in [-0.2, 0) is 0 Å². The number of pyridine rings is 1. The third kappa shape index (κ3) is 3.48. The summed E-state index contributed by atoms with van der Waals surface area (Å²) in [6.07, 6.45) is 2.70. The van der Waals surface area contributed by atoms with Gasteiger partial charge in [-0.1, -0.05) is 25.1 Å². The quantitative estimate of drug-likeness (QED) is 0.878. The van der Waals surface area contributed by atoms with Gasteiger partial charge in [0.1, 0.15) is 5.82 Å².